The second-order valence-corrected chi connectivity index (χ2v) is 5.76. The van der Waals surface area contributed by atoms with Crippen molar-refractivity contribution in [2.45, 2.75) is 46.1 Å². The number of benzene rings is 1. The van der Waals surface area contributed by atoms with Crippen molar-refractivity contribution in [3.63, 3.8) is 0 Å². The Bertz CT molecular complexity index is 557. The van der Waals surface area contributed by atoms with E-state index in [0.717, 1.165) is 25.8 Å². The van der Waals surface area contributed by atoms with E-state index in [1.807, 2.05) is 11.7 Å². The molecule has 0 amide bonds. The van der Waals surface area contributed by atoms with Gasteiger partial charge in [0.2, 0.25) is 0 Å². The Morgan fingerprint density at radius 3 is 2.48 bits per heavy atom. The van der Waals surface area contributed by atoms with E-state index in [9.17, 15) is 0 Å². The van der Waals surface area contributed by atoms with Gasteiger partial charge in [0.25, 0.3) is 0 Å². The zero-order chi connectivity index (χ0) is 15.2. The molecular weight excluding hydrogens is 258 g/mol. The Hall–Kier alpha value is -1.61. The molecule has 0 radical (unpaired) electrons. The van der Waals surface area contributed by atoms with Crippen LogP contribution in [0.5, 0.6) is 0 Å². The predicted molar refractivity (Wildman–Crippen MR) is 88.6 cm³/mol. The lowest BCUT2D eigenvalue weighted by molar-refractivity contribution is 0.490. The van der Waals surface area contributed by atoms with Crippen molar-refractivity contribution >= 4 is 0 Å². The minimum Gasteiger partial charge on any atom is -0.314 e. The van der Waals surface area contributed by atoms with Gasteiger partial charge in [-0.05, 0) is 50.8 Å². The first kappa shape index (κ1) is 15.8. The number of likely N-dealkylation sites (N-methyl/N-ethyl adjacent to an activating group) is 1. The summed E-state index contributed by atoms with van der Waals surface area (Å²) in [5.74, 6) is 0. The molecule has 3 heteroatoms. The number of rotatable bonds is 7. The van der Waals surface area contributed by atoms with Gasteiger partial charge in [0, 0.05) is 18.8 Å². The maximum atomic E-state index is 4.51. The molecule has 1 N–H and O–H groups in total. The van der Waals surface area contributed by atoms with Gasteiger partial charge >= 0.3 is 0 Å². The van der Waals surface area contributed by atoms with Crippen LogP contribution in [0.2, 0.25) is 0 Å². The zero-order valence-corrected chi connectivity index (χ0v) is 13.7. The fourth-order valence-corrected chi connectivity index (χ4v) is 2.96. The highest BCUT2D eigenvalue weighted by atomic mass is 15.3. The predicted octanol–water partition coefficient (Wildman–Crippen LogP) is 3.19. The maximum Gasteiger partial charge on any atom is 0.0628 e. The van der Waals surface area contributed by atoms with Crippen LogP contribution < -0.4 is 5.32 Å². The van der Waals surface area contributed by atoms with E-state index in [4.69, 9.17) is 0 Å². The molecule has 1 unspecified atom stereocenters. The van der Waals surface area contributed by atoms with Gasteiger partial charge in [-0.1, -0.05) is 37.3 Å². The van der Waals surface area contributed by atoms with Crippen LogP contribution in [-0.2, 0) is 19.9 Å². The molecule has 2 aromatic rings. The average Bonchev–Trinajstić information content (AvgIpc) is 2.71. The van der Waals surface area contributed by atoms with Crippen molar-refractivity contribution in [1.82, 2.24) is 15.1 Å². The largest absolute Gasteiger partial charge is 0.314 e. The van der Waals surface area contributed by atoms with Crippen LogP contribution in [0.15, 0.2) is 30.3 Å². The molecule has 0 aliphatic heterocycles. The quantitative estimate of drug-likeness (QED) is 0.846. The molecule has 1 aromatic heterocycles. The summed E-state index contributed by atoms with van der Waals surface area (Å²) < 4.78 is 1.99. The molecular formula is C18H27N3. The van der Waals surface area contributed by atoms with Crippen LogP contribution in [0, 0.1) is 13.8 Å². The molecule has 1 aromatic carbocycles. The van der Waals surface area contributed by atoms with Crippen LogP contribution in [0.25, 0.3) is 0 Å². The zero-order valence-electron chi connectivity index (χ0n) is 13.7. The van der Waals surface area contributed by atoms with E-state index in [-0.39, 0.29) is 0 Å². The highest BCUT2D eigenvalue weighted by Gasteiger charge is 2.13. The van der Waals surface area contributed by atoms with Crippen molar-refractivity contribution in [1.29, 1.82) is 0 Å². The number of aryl methyl sites for hydroxylation is 2. The SMILES string of the molecule is CCNC(CCc1c(C)nn(C)c1C)Cc1ccccc1. The van der Waals surface area contributed by atoms with Crippen LogP contribution in [-0.4, -0.2) is 22.4 Å². The standard InChI is InChI=1S/C18H27N3/c1-5-19-17(13-16-9-7-6-8-10-16)11-12-18-14(2)20-21(4)15(18)3/h6-10,17,19H,5,11-13H2,1-4H3. The topological polar surface area (TPSA) is 29.9 Å². The van der Waals surface area contributed by atoms with Crippen LogP contribution in [0.3, 0.4) is 0 Å². The van der Waals surface area contributed by atoms with Crippen LogP contribution in [0.4, 0.5) is 0 Å². The van der Waals surface area contributed by atoms with Crippen LogP contribution in [0.1, 0.15) is 35.9 Å². The van der Waals surface area contributed by atoms with Gasteiger partial charge in [-0.2, -0.15) is 5.10 Å². The summed E-state index contributed by atoms with van der Waals surface area (Å²) in [5.41, 5.74) is 5.28. The van der Waals surface area contributed by atoms with E-state index in [0.29, 0.717) is 6.04 Å². The Morgan fingerprint density at radius 2 is 1.90 bits per heavy atom. The summed E-state index contributed by atoms with van der Waals surface area (Å²) >= 11 is 0. The van der Waals surface area contributed by atoms with Gasteiger partial charge in [-0.3, -0.25) is 4.68 Å². The minimum absolute atomic E-state index is 0.524. The number of nitrogens with zero attached hydrogens (tertiary/aromatic N) is 2. The number of hydrogen-bond donors (Lipinski definition) is 1. The molecule has 0 spiro atoms. The molecule has 0 fully saturated rings. The summed E-state index contributed by atoms with van der Waals surface area (Å²) in [4.78, 5) is 0. The summed E-state index contributed by atoms with van der Waals surface area (Å²) in [5, 5.41) is 8.13. The van der Waals surface area contributed by atoms with Crippen molar-refractivity contribution in [2.75, 3.05) is 6.54 Å². The fourth-order valence-electron chi connectivity index (χ4n) is 2.96. The minimum atomic E-state index is 0.524. The molecule has 0 aliphatic rings. The van der Waals surface area contributed by atoms with Crippen molar-refractivity contribution in [3.05, 3.63) is 52.8 Å². The van der Waals surface area contributed by atoms with Crippen molar-refractivity contribution < 1.29 is 0 Å². The lowest BCUT2D eigenvalue weighted by Crippen LogP contribution is -2.31. The molecule has 0 bridgehead atoms. The highest BCUT2D eigenvalue weighted by molar-refractivity contribution is 5.24. The normalized spacial score (nSPS) is 12.6. The average molecular weight is 285 g/mol. The summed E-state index contributed by atoms with van der Waals surface area (Å²) in [6, 6.07) is 11.3. The van der Waals surface area contributed by atoms with Crippen LogP contribution >= 0.6 is 0 Å². The first-order valence-electron chi connectivity index (χ1n) is 7.88. The molecule has 114 valence electrons. The second-order valence-electron chi connectivity index (χ2n) is 5.76. The molecule has 3 nitrogen and oxygen atoms in total. The third kappa shape index (κ3) is 4.18. The smallest absolute Gasteiger partial charge is 0.0628 e. The van der Waals surface area contributed by atoms with Gasteiger partial charge in [0.05, 0.1) is 5.69 Å². The molecule has 0 saturated heterocycles. The lowest BCUT2D eigenvalue weighted by atomic mass is 9.98. The maximum absolute atomic E-state index is 4.51. The van der Waals surface area contributed by atoms with Crippen molar-refractivity contribution in [2.24, 2.45) is 7.05 Å². The Kier molecular flexibility index (Phi) is 5.57. The first-order valence-corrected chi connectivity index (χ1v) is 7.88. The fraction of sp³-hybridized carbons (Fsp3) is 0.500. The Morgan fingerprint density at radius 1 is 1.19 bits per heavy atom. The molecule has 0 aliphatic carbocycles. The third-order valence-corrected chi connectivity index (χ3v) is 4.22. The van der Waals surface area contributed by atoms with Gasteiger partial charge in [-0.15, -0.1) is 0 Å². The second kappa shape index (κ2) is 7.41. The highest BCUT2D eigenvalue weighted by Crippen LogP contribution is 2.16. The number of nitrogens with one attached hydrogen (secondary N) is 1. The van der Waals surface area contributed by atoms with E-state index >= 15 is 0 Å². The van der Waals surface area contributed by atoms with E-state index in [2.05, 4.69) is 61.5 Å². The molecule has 1 atom stereocenters. The first-order chi connectivity index (χ1) is 10.1. The molecule has 21 heavy (non-hydrogen) atoms. The number of hydrogen-bond acceptors (Lipinski definition) is 2. The van der Waals surface area contributed by atoms with Gasteiger partial charge in [0.15, 0.2) is 0 Å². The Labute approximate surface area is 128 Å². The Balaban J connectivity index is 2.00. The lowest BCUT2D eigenvalue weighted by Gasteiger charge is -2.18. The van der Waals surface area contributed by atoms with Gasteiger partial charge < -0.3 is 5.32 Å². The van der Waals surface area contributed by atoms with Gasteiger partial charge in [-0.25, -0.2) is 0 Å². The van der Waals surface area contributed by atoms with E-state index in [1.54, 1.807) is 0 Å². The summed E-state index contributed by atoms with van der Waals surface area (Å²) in [7, 11) is 2.03. The number of aromatic nitrogens is 2. The third-order valence-electron chi connectivity index (χ3n) is 4.22. The van der Waals surface area contributed by atoms with Crippen molar-refractivity contribution in [3.8, 4) is 0 Å². The monoisotopic (exact) mass is 285 g/mol. The summed E-state index contributed by atoms with van der Waals surface area (Å²) in [6.45, 7) is 7.47. The van der Waals surface area contributed by atoms with E-state index in [1.165, 1.54) is 22.5 Å². The molecule has 0 saturated carbocycles. The molecule has 1 heterocycles. The molecule has 2 rings (SSSR count). The summed E-state index contributed by atoms with van der Waals surface area (Å²) in [6.07, 6.45) is 3.33. The van der Waals surface area contributed by atoms with Gasteiger partial charge in [0.1, 0.15) is 0 Å². The van der Waals surface area contributed by atoms with E-state index < -0.39 is 0 Å².